The number of carbonyl (C=O) groups excluding carboxylic acids is 1. The Hall–Kier alpha value is -2.93. The van der Waals surface area contributed by atoms with E-state index in [9.17, 15) is 9.18 Å². The smallest absolute Gasteiger partial charge is 0.253 e. The molecule has 1 aromatic heterocycles. The van der Waals surface area contributed by atoms with Crippen LogP contribution in [0.25, 0.3) is 0 Å². The number of amides is 1. The van der Waals surface area contributed by atoms with Crippen LogP contribution in [0, 0.1) is 12.7 Å². The van der Waals surface area contributed by atoms with Crippen molar-refractivity contribution in [3.63, 3.8) is 0 Å². The summed E-state index contributed by atoms with van der Waals surface area (Å²) in [5, 5.41) is 2.94. The second kappa shape index (κ2) is 9.32. The summed E-state index contributed by atoms with van der Waals surface area (Å²) in [6, 6.07) is 13.2. The molecule has 1 amide bonds. The Kier molecular flexibility index (Phi) is 6.60. The first kappa shape index (κ1) is 19.8. The largest absolute Gasteiger partial charge is 0.489 e. The Balaban J connectivity index is 1.53. The van der Waals surface area contributed by atoms with Gasteiger partial charge in [0.2, 0.25) is 0 Å². The molecule has 7 heteroatoms. The Morgan fingerprint density at radius 1 is 1.18 bits per heavy atom. The lowest BCUT2D eigenvalue weighted by Crippen LogP contribution is -2.30. The molecule has 3 aromatic rings. The van der Waals surface area contributed by atoms with Gasteiger partial charge >= 0.3 is 0 Å². The van der Waals surface area contributed by atoms with Gasteiger partial charge in [-0.3, -0.25) is 4.79 Å². The molecular formula is C21H21FN2O3S. The molecule has 0 saturated heterocycles. The number of hydrogen-bond acceptors (Lipinski definition) is 5. The van der Waals surface area contributed by atoms with Crippen molar-refractivity contribution in [1.29, 1.82) is 0 Å². The standard InChI is InChI=1S/C21H21FN2O3S/c1-15-23-17(14-28-15)13-27-18-7-5-6-16(12-18)21(25)24(2)10-11-26-20-9-4-3-8-19(20)22/h3-9,12,14H,10-11,13H2,1-2H3. The molecule has 0 radical (unpaired) electrons. The number of aryl methyl sites for hydroxylation is 1. The van der Waals surface area contributed by atoms with Crippen molar-refractivity contribution in [2.75, 3.05) is 20.2 Å². The number of para-hydroxylation sites is 1. The molecule has 2 aromatic carbocycles. The van der Waals surface area contributed by atoms with Gasteiger partial charge in [0.05, 0.1) is 17.2 Å². The number of hydrogen-bond donors (Lipinski definition) is 0. The number of carbonyl (C=O) groups is 1. The minimum absolute atomic E-state index is 0.160. The lowest BCUT2D eigenvalue weighted by Gasteiger charge is -2.18. The SMILES string of the molecule is Cc1nc(COc2cccc(C(=O)N(C)CCOc3ccccc3F)c2)cs1. The number of benzene rings is 2. The molecule has 0 spiro atoms. The quantitative estimate of drug-likeness (QED) is 0.565. The predicted molar refractivity (Wildman–Crippen MR) is 106 cm³/mol. The molecule has 3 rings (SSSR count). The van der Waals surface area contributed by atoms with Gasteiger partial charge in [-0.15, -0.1) is 11.3 Å². The summed E-state index contributed by atoms with van der Waals surface area (Å²) in [5.41, 5.74) is 1.38. The van der Waals surface area contributed by atoms with Crippen LogP contribution in [0.3, 0.4) is 0 Å². The summed E-state index contributed by atoms with van der Waals surface area (Å²) in [5.74, 6) is 0.201. The minimum Gasteiger partial charge on any atom is -0.489 e. The number of aromatic nitrogens is 1. The van der Waals surface area contributed by atoms with Gasteiger partial charge in [-0.1, -0.05) is 18.2 Å². The molecule has 0 saturated carbocycles. The first-order valence-electron chi connectivity index (χ1n) is 8.79. The van der Waals surface area contributed by atoms with Gasteiger partial charge in [0.1, 0.15) is 19.0 Å². The molecule has 0 aliphatic heterocycles. The zero-order valence-corrected chi connectivity index (χ0v) is 16.5. The molecule has 0 aliphatic carbocycles. The average Bonchev–Trinajstić information content (AvgIpc) is 3.12. The molecular weight excluding hydrogens is 379 g/mol. The van der Waals surface area contributed by atoms with Crippen molar-refractivity contribution >= 4 is 17.2 Å². The average molecular weight is 400 g/mol. The molecule has 0 fully saturated rings. The van der Waals surface area contributed by atoms with Crippen LogP contribution in [0.2, 0.25) is 0 Å². The number of likely N-dealkylation sites (N-methyl/N-ethyl adjacent to an activating group) is 1. The number of rotatable bonds is 8. The Morgan fingerprint density at radius 2 is 2.00 bits per heavy atom. The van der Waals surface area contributed by atoms with Crippen molar-refractivity contribution in [2.24, 2.45) is 0 Å². The number of halogens is 1. The second-order valence-corrected chi connectivity index (χ2v) is 7.24. The highest BCUT2D eigenvalue weighted by Gasteiger charge is 2.13. The molecule has 0 unspecified atom stereocenters. The van der Waals surface area contributed by atoms with E-state index in [2.05, 4.69) is 4.98 Å². The van der Waals surface area contributed by atoms with Crippen molar-refractivity contribution < 1.29 is 18.7 Å². The summed E-state index contributed by atoms with van der Waals surface area (Å²) >= 11 is 1.57. The Labute approximate surface area is 167 Å². The van der Waals surface area contributed by atoms with E-state index in [4.69, 9.17) is 9.47 Å². The third kappa shape index (κ3) is 5.29. The molecule has 0 atom stereocenters. The summed E-state index contributed by atoms with van der Waals surface area (Å²) in [7, 11) is 1.68. The zero-order chi connectivity index (χ0) is 19.9. The van der Waals surface area contributed by atoms with Crippen LogP contribution in [-0.4, -0.2) is 36.0 Å². The third-order valence-electron chi connectivity index (χ3n) is 4.00. The lowest BCUT2D eigenvalue weighted by atomic mass is 10.2. The van der Waals surface area contributed by atoms with E-state index in [1.807, 2.05) is 12.3 Å². The maximum Gasteiger partial charge on any atom is 0.253 e. The predicted octanol–water partition coefficient (Wildman–Crippen LogP) is 4.32. The van der Waals surface area contributed by atoms with Crippen LogP contribution < -0.4 is 9.47 Å². The molecule has 0 bridgehead atoms. The second-order valence-electron chi connectivity index (χ2n) is 6.18. The molecule has 5 nitrogen and oxygen atoms in total. The number of nitrogens with zero attached hydrogens (tertiary/aromatic N) is 2. The highest BCUT2D eigenvalue weighted by atomic mass is 32.1. The van der Waals surface area contributed by atoms with Crippen molar-refractivity contribution in [1.82, 2.24) is 9.88 Å². The van der Waals surface area contributed by atoms with Gasteiger partial charge in [-0.05, 0) is 37.3 Å². The fraction of sp³-hybridized carbons (Fsp3) is 0.238. The normalized spacial score (nSPS) is 10.5. The Bertz CT molecular complexity index is 945. The molecule has 146 valence electrons. The summed E-state index contributed by atoms with van der Waals surface area (Å²) < 4.78 is 24.7. The van der Waals surface area contributed by atoms with Gasteiger partial charge < -0.3 is 14.4 Å². The maximum absolute atomic E-state index is 13.6. The lowest BCUT2D eigenvalue weighted by molar-refractivity contribution is 0.0772. The first-order chi connectivity index (χ1) is 13.5. The fourth-order valence-corrected chi connectivity index (χ4v) is 3.12. The molecule has 28 heavy (non-hydrogen) atoms. The number of thiazole rings is 1. The highest BCUT2D eigenvalue weighted by Crippen LogP contribution is 2.18. The van der Waals surface area contributed by atoms with Crippen molar-refractivity contribution in [3.8, 4) is 11.5 Å². The van der Waals surface area contributed by atoms with E-state index in [0.29, 0.717) is 24.5 Å². The Morgan fingerprint density at radius 3 is 2.75 bits per heavy atom. The van der Waals surface area contributed by atoms with Crippen LogP contribution in [0.1, 0.15) is 21.1 Å². The van der Waals surface area contributed by atoms with E-state index in [1.165, 1.54) is 11.0 Å². The molecule has 0 N–H and O–H groups in total. The maximum atomic E-state index is 13.6. The molecule has 1 heterocycles. The van der Waals surface area contributed by atoms with Crippen molar-refractivity contribution in [2.45, 2.75) is 13.5 Å². The van der Waals surface area contributed by atoms with Crippen LogP contribution in [0.5, 0.6) is 11.5 Å². The van der Waals surface area contributed by atoms with E-state index in [-0.39, 0.29) is 18.3 Å². The minimum atomic E-state index is -0.420. The van der Waals surface area contributed by atoms with Crippen molar-refractivity contribution in [3.05, 3.63) is 76.0 Å². The van der Waals surface area contributed by atoms with E-state index >= 15 is 0 Å². The molecule has 0 aliphatic rings. The monoisotopic (exact) mass is 400 g/mol. The van der Waals surface area contributed by atoms with Gasteiger partial charge in [-0.2, -0.15) is 0 Å². The summed E-state index contributed by atoms with van der Waals surface area (Å²) in [6.07, 6.45) is 0. The third-order valence-corrected chi connectivity index (χ3v) is 4.82. The van der Waals surface area contributed by atoms with Crippen LogP contribution >= 0.6 is 11.3 Å². The van der Waals surface area contributed by atoms with Crippen LogP contribution in [0.4, 0.5) is 4.39 Å². The van der Waals surface area contributed by atoms with Gasteiger partial charge in [-0.25, -0.2) is 9.37 Å². The summed E-state index contributed by atoms with van der Waals surface area (Å²) in [4.78, 5) is 18.5. The van der Waals surface area contributed by atoms with Crippen LogP contribution in [0.15, 0.2) is 53.9 Å². The van der Waals surface area contributed by atoms with E-state index in [1.54, 1.807) is 60.8 Å². The zero-order valence-electron chi connectivity index (χ0n) is 15.7. The summed E-state index contributed by atoms with van der Waals surface area (Å²) in [6.45, 7) is 2.83. The van der Waals surface area contributed by atoms with Gasteiger partial charge in [0.25, 0.3) is 5.91 Å². The van der Waals surface area contributed by atoms with Gasteiger partial charge in [0, 0.05) is 18.0 Å². The fourth-order valence-electron chi connectivity index (χ4n) is 2.53. The van der Waals surface area contributed by atoms with E-state index < -0.39 is 5.82 Å². The highest BCUT2D eigenvalue weighted by molar-refractivity contribution is 7.09. The first-order valence-corrected chi connectivity index (χ1v) is 9.67. The number of ether oxygens (including phenoxy) is 2. The van der Waals surface area contributed by atoms with Crippen LogP contribution in [-0.2, 0) is 6.61 Å². The van der Waals surface area contributed by atoms with Gasteiger partial charge in [0.15, 0.2) is 11.6 Å². The van der Waals surface area contributed by atoms with E-state index in [0.717, 1.165) is 10.7 Å². The topological polar surface area (TPSA) is 51.7 Å².